The molecule has 14 heavy (non-hydrogen) atoms. The number of nitrogens with zero attached hydrogens (tertiary/aromatic N) is 2. The maximum atomic E-state index is 10.8. The van der Waals surface area contributed by atoms with Crippen molar-refractivity contribution >= 4 is 28.8 Å². The summed E-state index contributed by atoms with van der Waals surface area (Å²) >= 11 is 2.35. The first-order chi connectivity index (χ1) is 6.74. The average Bonchev–Trinajstić information content (AvgIpc) is 2.56. The van der Waals surface area contributed by atoms with Gasteiger partial charge in [0.15, 0.2) is 0 Å². The fraction of sp³-hybridized carbons (Fsp3) is 0.667. The van der Waals surface area contributed by atoms with E-state index in [4.69, 9.17) is 4.74 Å². The van der Waals surface area contributed by atoms with E-state index in [1.165, 1.54) is 0 Å². The van der Waals surface area contributed by atoms with E-state index in [1.807, 2.05) is 0 Å². The minimum absolute atomic E-state index is 0.187. The van der Waals surface area contributed by atoms with E-state index in [0.29, 0.717) is 6.61 Å². The highest BCUT2D eigenvalue weighted by Gasteiger charge is 2.19. The number of ether oxygens (including phenoxy) is 1. The van der Waals surface area contributed by atoms with Crippen molar-refractivity contribution in [1.82, 2.24) is 8.01 Å². The molecule has 0 saturated carbocycles. The monoisotopic (exact) mass is 308 g/mol. The maximum Gasteiger partial charge on any atom is 0.331 e. The predicted octanol–water partition coefficient (Wildman–Crippen LogP) is 0.437. The summed E-state index contributed by atoms with van der Waals surface area (Å²) in [4.78, 5) is 13.2. The van der Waals surface area contributed by atoms with Crippen LogP contribution in [-0.2, 0) is 9.53 Å². The molecule has 1 fully saturated rings. The fourth-order valence-electron chi connectivity index (χ4n) is 1.67. The lowest BCUT2D eigenvalue weighted by atomic mass is 10.2. The number of esters is 1. The molecule has 0 aliphatic carbocycles. The van der Waals surface area contributed by atoms with Crippen molar-refractivity contribution in [2.45, 2.75) is 0 Å². The molecule has 0 unspecified atom stereocenters. The van der Waals surface area contributed by atoms with Crippen LogP contribution in [0.1, 0.15) is 0 Å². The van der Waals surface area contributed by atoms with Gasteiger partial charge in [0.25, 0.3) is 0 Å². The van der Waals surface area contributed by atoms with Gasteiger partial charge in [0.2, 0.25) is 0 Å². The summed E-state index contributed by atoms with van der Waals surface area (Å²) < 4.78 is 7.15. The molecule has 0 radical (unpaired) electrons. The summed E-state index contributed by atoms with van der Waals surface area (Å²) in [6, 6.07) is 0. The van der Waals surface area contributed by atoms with Gasteiger partial charge >= 0.3 is 5.97 Å². The zero-order chi connectivity index (χ0) is 9.97. The van der Waals surface area contributed by atoms with Gasteiger partial charge in [-0.15, -0.1) is 0 Å². The van der Waals surface area contributed by atoms with E-state index in [2.05, 4.69) is 30.9 Å². The van der Waals surface area contributed by atoms with Crippen LogP contribution in [0.15, 0.2) is 11.6 Å². The minimum atomic E-state index is -0.187. The van der Waals surface area contributed by atoms with Crippen LogP contribution in [-0.4, -0.2) is 53.3 Å². The van der Waals surface area contributed by atoms with E-state index in [1.54, 1.807) is 6.08 Å². The third-order valence-electron chi connectivity index (χ3n) is 2.47. The van der Waals surface area contributed by atoms with Crippen LogP contribution in [0.3, 0.4) is 0 Å². The standard InChI is InChI=1S/C9H13IN2O2/c10-12-3-1-11(2-4-12)6-8-5-9(13)14-7-8/h5H,1-4,6-7H2. The summed E-state index contributed by atoms with van der Waals surface area (Å²) in [5.41, 5.74) is 1.11. The lowest BCUT2D eigenvalue weighted by molar-refractivity contribution is -0.134. The Labute approximate surface area is 97.4 Å². The number of carbonyl (C=O) groups excluding carboxylic acids is 1. The lowest BCUT2D eigenvalue weighted by Crippen LogP contribution is -2.42. The van der Waals surface area contributed by atoms with E-state index in [0.717, 1.165) is 38.3 Å². The van der Waals surface area contributed by atoms with Crippen molar-refractivity contribution in [1.29, 1.82) is 0 Å². The second kappa shape index (κ2) is 4.59. The van der Waals surface area contributed by atoms with E-state index in [9.17, 15) is 4.79 Å². The van der Waals surface area contributed by atoms with Crippen molar-refractivity contribution in [3.8, 4) is 0 Å². The minimum Gasteiger partial charge on any atom is -0.458 e. The highest BCUT2D eigenvalue weighted by Crippen LogP contribution is 2.11. The van der Waals surface area contributed by atoms with Crippen molar-refractivity contribution in [3.63, 3.8) is 0 Å². The van der Waals surface area contributed by atoms with Gasteiger partial charge in [0.05, 0.1) is 0 Å². The van der Waals surface area contributed by atoms with E-state index < -0.39 is 0 Å². The number of rotatable bonds is 2. The molecule has 2 heterocycles. The second-order valence-electron chi connectivity index (χ2n) is 3.60. The lowest BCUT2D eigenvalue weighted by Gasteiger charge is -2.31. The van der Waals surface area contributed by atoms with Gasteiger partial charge in [0, 0.05) is 61.7 Å². The smallest absolute Gasteiger partial charge is 0.331 e. The Kier molecular flexibility index (Phi) is 3.40. The molecule has 78 valence electrons. The van der Waals surface area contributed by atoms with Crippen LogP contribution in [0, 0.1) is 0 Å². The molecule has 0 N–H and O–H groups in total. The van der Waals surface area contributed by atoms with Gasteiger partial charge in [-0.25, -0.2) is 7.91 Å². The number of halogens is 1. The molecule has 2 aliphatic rings. The predicted molar refractivity (Wildman–Crippen MR) is 61.1 cm³/mol. The summed E-state index contributed by atoms with van der Waals surface area (Å²) in [5, 5.41) is 0. The molecular weight excluding hydrogens is 295 g/mol. The first kappa shape index (κ1) is 10.4. The van der Waals surface area contributed by atoms with Crippen LogP contribution in [0.2, 0.25) is 0 Å². The Morgan fingerprint density at radius 2 is 2.07 bits per heavy atom. The summed E-state index contributed by atoms with van der Waals surface area (Å²) in [7, 11) is 0. The quantitative estimate of drug-likeness (QED) is 0.421. The van der Waals surface area contributed by atoms with Crippen LogP contribution in [0.4, 0.5) is 0 Å². The molecule has 0 spiro atoms. The second-order valence-corrected chi connectivity index (χ2v) is 4.96. The first-order valence-electron chi connectivity index (χ1n) is 4.73. The number of carbonyl (C=O) groups is 1. The van der Waals surface area contributed by atoms with Crippen LogP contribution in [0.25, 0.3) is 0 Å². The SMILES string of the molecule is O=C1C=C(CN2CCN(I)CC2)CO1. The Morgan fingerprint density at radius 1 is 1.36 bits per heavy atom. The van der Waals surface area contributed by atoms with Crippen LogP contribution in [0.5, 0.6) is 0 Å². The van der Waals surface area contributed by atoms with E-state index >= 15 is 0 Å². The summed E-state index contributed by atoms with van der Waals surface area (Å²) in [6.07, 6.45) is 1.62. The molecule has 0 amide bonds. The summed E-state index contributed by atoms with van der Waals surface area (Å²) in [5.74, 6) is -0.187. The zero-order valence-corrected chi connectivity index (χ0v) is 10.1. The zero-order valence-electron chi connectivity index (χ0n) is 7.91. The Morgan fingerprint density at radius 3 is 2.64 bits per heavy atom. The Bertz CT molecular complexity index is 260. The highest BCUT2D eigenvalue weighted by molar-refractivity contribution is 14.1. The molecular formula is C9H13IN2O2. The van der Waals surface area contributed by atoms with Crippen molar-refractivity contribution in [2.75, 3.05) is 39.3 Å². The first-order valence-corrected chi connectivity index (χ1v) is 5.70. The van der Waals surface area contributed by atoms with E-state index in [-0.39, 0.29) is 5.97 Å². The molecule has 2 rings (SSSR count). The van der Waals surface area contributed by atoms with Gasteiger partial charge in [-0.3, -0.25) is 4.90 Å². The van der Waals surface area contributed by atoms with Crippen LogP contribution < -0.4 is 0 Å². The van der Waals surface area contributed by atoms with Gasteiger partial charge in [0.1, 0.15) is 6.61 Å². The van der Waals surface area contributed by atoms with Gasteiger partial charge in [-0.2, -0.15) is 0 Å². The van der Waals surface area contributed by atoms with Gasteiger partial charge < -0.3 is 4.74 Å². The molecule has 4 nitrogen and oxygen atoms in total. The normalized spacial score (nSPS) is 24.9. The van der Waals surface area contributed by atoms with Gasteiger partial charge in [-0.05, 0) is 5.57 Å². The van der Waals surface area contributed by atoms with Crippen molar-refractivity contribution in [3.05, 3.63) is 11.6 Å². The molecule has 1 saturated heterocycles. The molecule has 0 atom stereocenters. The maximum absolute atomic E-state index is 10.8. The molecule has 0 aromatic rings. The third kappa shape index (κ3) is 2.68. The van der Waals surface area contributed by atoms with Gasteiger partial charge in [-0.1, -0.05) is 0 Å². The Hall–Kier alpha value is -0.140. The van der Waals surface area contributed by atoms with Crippen molar-refractivity contribution in [2.24, 2.45) is 0 Å². The number of piperazine rings is 1. The molecule has 2 aliphatic heterocycles. The Balaban J connectivity index is 1.81. The summed E-state index contributed by atoms with van der Waals surface area (Å²) in [6.45, 7) is 5.73. The molecule has 0 bridgehead atoms. The third-order valence-corrected chi connectivity index (χ3v) is 3.43. The van der Waals surface area contributed by atoms with Crippen molar-refractivity contribution < 1.29 is 9.53 Å². The largest absolute Gasteiger partial charge is 0.458 e. The number of cyclic esters (lactones) is 1. The fourth-order valence-corrected chi connectivity index (χ4v) is 2.11. The number of hydrogen-bond donors (Lipinski definition) is 0. The molecule has 0 aromatic carbocycles. The van der Waals surface area contributed by atoms with Crippen LogP contribution >= 0.6 is 22.9 Å². The molecule has 5 heteroatoms. The topological polar surface area (TPSA) is 32.8 Å². The number of hydrogen-bond acceptors (Lipinski definition) is 4. The average molecular weight is 308 g/mol. The highest BCUT2D eigenvalue weighted by atomic mass is 127. The molecule has 0 aromatic heterocycles.